The maximum atomic E-state index is 13.0. The minimum Gasteiger partial charge on any atom is -0.363 e. The average Bonchev–Trinajstić information content (AvgIpc) is 2.87. The fourth-order valence-electron chi connectivity index (χ4n) is 2.67. The molecule has 0 aliphatic carbocycles. The average molecular weight is 316 g/mol. The summed E-state index contributed by atoms with van der Waals surface area (Å²) in [4.78, 5) is 14.1. The lowest BCUT2D eigenvalue weighted by molar-refractivity contribution is 0.00353. The highest BCUT2D eigenvalue weighted by Gasteiger charge is 2.40. The molecular formula is C14H15ClFNO2S. The Kier molecular flexibility index (Phi) is 3.93. The van der Waals surface area contributed by atoms with Crippen molar-refractivity contribution in [2.75, 3.05) is 25.4 Å². The lowest BCUT2D eigenvalue weighted by atomic mass is 10.1. The van der Waals surface area contributed by atoms with Crippen LogP contribution in [0.3, 0.4) is 0 Å². The number of hydrogen-bond donors (Lipinski definition) is 0. The first-order chi connectivity index (χ1) is 9.60. The molecule has 0 radical (unpaired) electrons. The molecule has 108 valence electrons. The summed E-state index contributed by atoms with van der Waals surface area (Å²) < 4.78 is 18.8. The van der Waals surface area contributed by atoms with Crippen LogP contribution in [0.4, 0.5) is 4.39 Å². The molecule has 2 heterocycles. The second-order valence-electron chi connectivity index (χ2n) is 5.02. The number of rotatable bonds is 1. The van der Waals surface area contributed by atoms with Gasteiger partial charge in [-0.25, -0.2) is 4.39 Å². The van der Waals surface area contributed by atoms with Gasteiger partial charge in [0.15, 0.2) is 0 Å². The number of nitrogens with zero attached hydrogens (tertiary/aromatic N) is 1. The molecule has 3 nitrogen and oxygen atoms in total. The molecule has 2 saturated heterocycles. The van der Waals surface area contributed by atoms with Crippen molar-refractivity contribution in [3.05, 3.63) is 34.6 Å². The third-order valence-corrected chi connectivity index (χ3v) is 5.52. The van der Waals surface area contributed by atoms with Gasteiger partial charge in [-0.3, -0.25) is 4.79 Å². The Morgan fingerprint density at radius 1 is 1.40 bits per heavy atom. The van der Waals surface area contributed by atoms with Crippen LogP contribution in [-0.2, 0) is 4.74 Å². The number of carbonyl (C=O) groups excluding carboxylic acids is 1. The van der Waals surface area contributed by atoms with Crippen molar-refractivity contribution in [1.29, 1.82) is 0 Å². The van der Waals surface area contributed by atoms with Crippen LogP contribution in [0.15, 0.2) is 18.2 Å². The van der Waals surface area contributed by atoms with E-state index in [4.69, 9.17) is 16.3 Å². The molecule has 0 N–H and O–H groups in total. The lowest BCUT2D eigenvalue weighted by Crippen LogP contribution is -2.45. The first-order valence-electron chi connectivity index (χ1n) is 6.62. The van der Waals surface area contributed by atoms with E-state index in [0.717, 1.165) is 25.2 Å². The Hall–Kier alpha value is -0.780. The molecule has 0 atom stereocenters. The standard InChI is InChI=1S/C14H15ClFNO2S/c15-12-9-10(16)1-2-11(12)13(18)17-5-3-14(4-6-17)19-7-8-20-14/h1-2,9H,3-8H2. The number of piperidine rings is 1. The van der Waals surface area contributed by atoms with E-state index < -0.39 is 5.82 Å². The van der Waals surface area contributed by atoms with E-state index in [1.54, 1.807) is 4.90 Å². The maximum Gasteiger partial charge on any atom is 0.255 e. The zero-order valence-electron chi connectivity index (χ0n) is 10.9. The summed E-state index contributed by atoms with van der Waals surface area (Å²) >= 11 is 7.79. The summed E-state index contributed by atoms with van der Waals surface area (Å²) in [7, 11) is 0. The van der Waals surface area contributed by atoms with E-state index >= 15 is 0 Å². The molecule has 1 amide bonds. The van der Waals surface area contributed by atoms with E-state index in [1.165, 1.54) is 18.2 Å². The van der Waals surface area contributed by atoms with Gasteiger partial charge in [0.05, 0.1) is 17.2 Å². The third kappa shape index (κ3) is 2.67. The van der Waals surface area contributed by atoms with E-state index in [9.17, 15) is 9.18 Å². The quantitative estimate of drug-likeness (QED) is 0.797. The van der Waals surface area contributed by atoms with Crippen LogP contribution in [0.1, 0.15) is 23.2 Å². The number of halogens is 2. The van der Waals surface area contributed by atoms with Gasteiger partial charge in [0.2, 0.25) is 0 Å². The zero-order chi connectivity index (χ0) is 14.2. The predicted molar refractivity (Wildman–Crippen MR) is 77.7 cm³/mol. The molecule has 0 saturated carbocycles. The van der Waals surface area contributed by atoms with Crippen molar-refractivity contribution in [3.8, 4) is 0 Å². The summed E-state index contributed by atoms with van der Waals surface area (Å²) in [5.74, 6) is 0.463. The van der Waals surface area contributed by atoms with E-state index in [2.05, 4.69) is 0 Å². The van der Waals surface area contributed by atoms with Gasteiger partial charge in [0.25, 0.3) is 5.91 Å². The topological polar surface area (TPSA) is 29.5 Å². The van der Waals surface area contributed by atoms with Crippen molar-refractivity contribution >= 4 is 29.3 Å². The Morgan fingerprint density at radius 3 is 2.75 bits per heavy atom. The van der Waals surface area contributed by atoms with Gasteiger partial charge in [-0.2, -0.15) is 0 Å². The molecule has 1 aromatic carbocycles. The normalized spacial score (nSPS) is 21.4. The Balaban J connectivity index is 1.69. The predicted octanol–water partition coefficient (Wildman–Crippen LogP) is 3.17. The fraction of sp³-hybridized carbons (Fsp3) is 0.500. The van der Waals surface area contributed by atoms with Crippen molar-refractivity contribution in [2.24, 2.45) is 0 Å². The first kappa shape index (κ1) is 14.2. The van der Waals surface area contributed by atoms with Crippen LogP contribution in [0.25, 0.3) is 0 Å². The summed E-state index contributed by atoms with van der Waals surface area (Å²) in [6, 6.07) is 3.89. The number of benzene rings is 1. The van der Waals surface area contributed by atoms with Crippen molar-refractivity contribution in [2.45, 2.75) is 17.8 Å². The highest BCUT2D eigenvalue weighted by atomic mass is 35.5. The summed E-state index contributed by atoms with van der Waals surface area (Å²) in [6.45, 7) is 2.10. The molecule has 2 aliphatic rings. The van der Waals surface area contributed by atoms with Crippen LogP contribution in [0, 0.1) is 5.82 Å². The summed E-state index contributed by atoms with van der Waals surface area (Å²) in [5.41, 5.74) is 0.365. The Bertz CT molecular complexity index is 524. The number of hydrogen-bond acceptors (Lipinski definition) is 3. The zero-order valence-corrected chi connectivity index (χ0v) is 12.5. The number of thioether (sulfide) groups is 1. The summed E-state index contributed by atoms with van der Waals surface area (Å²) in [6.07, 6.45) is 1.67. The molecule has 0 aromatic heterocycles. The minimum atomic E-state index is -0.431. The van der Waals surface area contributed by atoms with Gasteiger partial charge in [-0.15, -0.1) is 11.8 Å². The monoisotopic (exact) mass is 315 g/mol. The smallest absolute Gasteiger partial charge is 0.255 e. The van der Waals surface area contributed by atoms with Gasteiger partial charge in [-0.05, 0) is 18.2 Å². The molecular weight excluding hydrogens is 301 g/mol. The van der Waals surface area contributed by atoms with E-state index in [-0.39, 0.29) is 15.9 Å². The van der Waals surface area contributed by atoms with Crippen molar-refractivity contribution in [3.63, 3.8) is 0 Å². The molecule has 3 rings (SSSR count). The van der Waals surface area contributed by atoms with Crippen molar-refractivity contribution < 1.29 is 13.9 Å². The van der Waals surface area contributed by atoms with E-state index in [0.29, 0.717) is 18.7 Å². The molecule has 6 heteroatoms. The van der Waals surface area contributed by atoms with Gasteiger partial charge >= 0.3 is 0 Å². The van der Waals surface area contributed by atoms with Gasteiger partial charge in [0, 0.05) is 31.7 Å². The fourth-order valence-corrected chi connectivity index (χ4v) is 4.09. The number of likely N-dealkylation sites (tertiary alicyclic amines) is 1. The highest BCUT2D eigenvalue weighted by molar-refractivity contribution is 8.00. The number of ether oxygens (including phenoxy) is 1. The Labute approximate surface area is 126 Å². The van der Waals surface area contributed by atoms with Gasteiger partial charge in [0.1, 0.15) is 10.8 Å². The van der Waals surface area contributed by atoms with Gasteiger partial charge in [-0.1, -0.05) is 11.6 Å². The van der Waals surface area contributed by atoms with Crippen LogP contribution >= 0.6 is 23.4 Å². The molecule has 20 heavy (non-hydrogen) atoms. The molecule has 1 spiro atoms. The first-order valence-corrected chi connectivity index (χ1v) is 7.98. The van der Waals surface area contributed by atoms with Crippen LogP contribution in [0.2, 0.25) is 5.02 Å². The SMILES string of the molecule is O=C(c1ccc(F)cc1Cl)N1CCC2(CC1)OCCS2. The third-order valence-electron chi connectivity index (χ3n) is 3.79. The van der Waals surface area contributed by atoms with E-state index in [1.807, 2.05) is 11.8 Å². The van der Waals surface area contributed by atoms with Crippen LogP contribution < -0.4 is 0 Å². The molecule has 0 bridgehead atoms. The Morgan fingerprint density at radius 2 is 2.15 bits per heavy atom. The largest absolute Gasteiger partial charge is 0.363 e. The molecule has 1 aromatic rings. The highest BCUT2D eigenvalue weighted by Crippen LogP contribution is 2.41. The van der Waals surface area contributed by atoms with Crippen LogP contribution in [-0.4, -0.2) is 41.2 Å². The molecule has 2 aliphatic heterocycles. The molecule has 2 fully saturated rings. The second kappa shape index (κ2) is 5.54. The lowest BCUT2D eigenvalue weighted by Gasteiger charge is -2.37. The minimum absolute atomic E-state index is 0.0939. The summed E-state index contributed by atoms with van der Waals surface area (Å²) in [5, 5.41) is 0.168. The van der Waals surface area contributed by atoms with Gasteiger partial charge < -0.3 is 9.64 Å². The maximum absolute atomic E-state index is 13.0. The second-order valence-corrected chi connectivity index (χ2v) is 6.87. The number of amides is 1. The molecule has 0 unspecified atom stereocenters. The van der Waals surface area contributed by atoms with Crippen LogP contribution in [0.5, 0.6) is 0 Å². The number of carbonyl (C=O) groups is 1. The van der Waals surface area contributed by atoms with Crippen molar-refractivity contribution in [1.82, 2.24) is 4.90 Å².